The van der Waals surface area contributed by atoms with Crippen LogP contribution in [0.1, 0.15) is 18.9 Å². The maximum Gasteiger partial charge on any atom is 0.335 e. The number of rotatable bonds is 4. The molecule has 0 fully saturated rings. The standard InChI is InChI=1S/C14H15NO4/c1-2-12(16)14(18)19-8-10-7-9-5-3-4-6-11(9)15-13(10)17/h3-7,12,16H,2,8H2,1H3,(H,15,17)/t12-/m0/s1. The molecule has 0 radical (unpaired) electrons. The first-order valence-corrected chi connectivity index (χ1v) is 6.07. The number of H-pyrrole nitrogens is 1. The molecule has 2 rings (SSSR count). The molecule has 1 aromatic heterocycles. The van der Waals surface area contributed by atoms with Crippen molar-refractivity contribution in [3.8, 4) is 0 Å². The zero-order chi connectivity index (χ0) is 13.8. The van der Waals surface area contributed by atoms with E-state index in [1.807, 2.05) is 18.2 Å². The van der Waals surface area contributed by atoms with Crippen molar-refractivity contribution < 1.29 is 14.6 Å². The number of aromatic nitrogens is 1. The molecule has 0 aliphatic rings. The van der Waals surface area contributed by atoms with Crippen LogP contribution in [0.3, 0.4) is 0 Å². The number of esters is 1. The van der Waals surface area contributed by atoms with E-state index in [1.54, 1.807) is 19.1 Å². The number of nitrogens with one attached hydrogen (secondary N) is 1. The third-order valence-electron chi connectivity index (χ3n) is 2.86. The number of para-hydroxylation sites is 1. The summed E-state index contributed by atoms with van der Waals surface area (Å²) in [6, 6.07) is 9.03. The first-order valence-electron chi connectivity index (χ1n) is 6.07. The van der Waals surface area contributed by atoms with Gasteiger partial charge in [0.05, 0.1) is 5.56 Å². The smallest absolute Gasteiger partial charge is 0.335 e. The van der Waals surface area contributed by atoms with Crippen LogP contribution in [0.15, 0.2) is 35.1 Å². The molecular weight excluding hydrogens is 246 g/mol. The number of hydrogen-bond donors (Lipinski definition) is 2. The highest BCUT2D eigenvalue weighted by atomic mass is 16.5. The summed E-state index contributed by atoms with van der Waals surface area (Å²) in [4.78, 5) is 25.8. The minimum atomic E-state index is -1.14. The van der Waals surface area contributed by atoms with Crippen molar-refractivity contribution in [3.63, 3.8) is 0 Å². The molecule has 0 spiro atoms. The number of aromatic amines is 1. The van der Waals surface area contributed by atoms with Crippen molar-refractivity contribution in [2.75, 3.05) is 0 Å². The van der Waals surface area contributed by atoms with Gasteiger partial charge in [-0.1, -0.05) is 25.1 Å². The number of aliphatic hydroxyl groups is 1. The van der Waals surface area contributed by atoms with E-state index in [1.165, 1.54) is 0 Å². The van der Waals surface area contributed by atoms with Crippen molar-refractivity contribution in [2.45, 2.75) is 26.1 Å². The van der Waals surface area contributed by atoms with E-state index in [9.17, 15) is 14.7 Å². The Labute approximate surface area is 109 Å². The summed E-state index contributed by atoms with van der Waals surface area (Å²) >= 11 is 0. The van der Waals surface area contributed by atoms with Crippen LogP contribution in [0.5, 0.6) is 0 Å². The lowest BCUT2D eigenvalue weighted by atomic mass is 10.1. The molecule has 0 saturated carbocycles. The monoisotopic (exact) mass is 261 g/mol. The van der Waals surface area contributed by atoms with Gasteiger partial charge in [-0.05, 0) is 23.9 Å². The largest absolute Gasteiger partial charge is 0.459 e. The number of carbonyl (C=O) groups excluding carboxylic acids is 1. The van der Waals surface area contributed by atoms with Crippen LogP contribution in [0.2, 0.25) is 0 Å². The average molecular weight is 261 g/mol. The van der Waals surface area contributed by atoms with Crippen molar-refractivity contribution in [2.24, 2.45) is 0 Å². The van der Waals surface area contributed by atoms with Crippen LogP contribution in [0, 0.1) is 0 Å². The molecule has 1 atom stereocenters. The zero-order valence-electron chi connectivity index (χ0n) is 10.6. The maximum atomic E-state index is 11.8. The van der Waals surface area contributed by atoms with Gasteiger partial charge in [0.15, 0.2) is 6.10 Å². The van der Waals surface area contributed by atoms with Crippen LogP contribution in [0.25, 0.3) is 10.9 Å². The lowest BCUT2D eigenvalue weighted by molar-refractivity contribution is -0.155. The second kappa shape index (κ2) is 5.67. The van der Waals surface area contributed by atoms with E-state index in [2.05, 4.69) is 4.98 Å². The van der Waals surface area contributed by atoms with Gasteiger partial charge in [0.25, 0.3) is 5.56 Å². The van der Waals surface area contributed by atoms with Gasteiger partial charge < -0.3 is 14.8 Å². The molecule has 0 unspecified atom stereocenters. The summed E-state index contributed by atoms with van der Waals surface area (Å²) in [5, 5.41) is 10.2. The molecule has 1 aromatic carbocycles. The van der Waals surface area contributed by atoms with E-state index in [0.29, 0.717) is 5.56 Å². The quantitative estimate of drug-likeness (QED) is 0.814. The Morgan fingerprint density at radius 2 is 2.16 bits per heavy atom. The van der Waals surface area contributed by atoms with Crippen LogP contribution in [-0.2, 0) is 16.1 Å². The predicted octanol–water partition coefficient (Wildman–Crippen LogP) is 1.34. The molecule has 100 valence electrons. The van der Waals surface area contributed by atoms with E-state index in [4.69, 9.17) is 4.74 Å². The van der Waals surface area contributed by atoms with Gasteiger partial charge in [-0.2, -0.15) is 0 Å². The Kier molecular flexibility index (Phi) is 3.97. The summed E-state index contributed by atoms with van der Waals surface area (Å²) in [5.74, 6) is -0.713. The van der Waals surface area contributed by atoms with Gasteiger partial charge in [-0.25, -0.2) is 4.79 Å². The lowest BCUT2D eigenvalue weighted by Crippen LogP contribution is -2.23. The molecular formula is C14H15NO4. The molecule has 2 N–H and O–H groups in total. The number of carbonyl (C=O) groups is 1. The maximum absolute atomic E-state index is 11.8. The first-order chi connectivity index (χ1) is 9.11. The lowest BCUT2D eigenvalue weighted by Gasteiger charge is -2.08. The Hall–Kier alpha value is -2.14. The SMILES string of the molecule is CC[C@H](O)C(=O)OCc1cc2ccccc2[nH]c1=O. The second-order valence-electron chi connectivity index (χ2n) is 4.24. The molecule has 5 heteroatoms. The molecule has 5 nitrogen and oxygen atoms in total. The van der Waals surface area contributed by atoms with Crippen molar-refractivity contribution in [3.05, 3.63) is 46.2 Å². The minimum absolute atomic E-state index is 0.143. The second-order valence-corrected chi connectivity index (χ2v) is 4.24. The van der Waals surface area contributed by atoms with E-state index >= 15 is 0 Å². The first kappa shape index (κ1) is 13.3. The van der Waals surface area contributed by atoms with Gasteiger partial charge in [0.1, 0.15) is 6.61 Å². The molecule has 2 aromatic rings. The van der Waals surface area contributed by atoms with Crippen molar-refractivity contribution in [1.82, 2.24) is 4.98 Å². The van der Waals surface area contributed by atoms with Gasteiger partial charge in [-0.3, -0.25) is 4.79 Å². The fourth-order valence-corrected chi connectivity index (χ4v) is 1.71. The Balaban J connectivity index is 2.19. The zero-order valence-corrected chi connectivity index (χ0v) is 10.6. The summed E-state index contributed by atoms with van der Waals surface area (Å²) in [6.45, 7) is 1.53. The van der Waals surface area contributed by atoms with E-state index < -0.39 is 12.1 Å². The molecule has 0 saturated heterocycles. The Morgan fingerprint density at radius 3 is 2.89 bits per heavy atom. The minimum Gasteiger partial charge on any atom is -0.459 e. The number of fused-ring (bicyclic) bond motifs is 1. The molecule has 19 heavy (non-hydrogen) atoms. The van der Waals surface area contributed by atoms with Crippen LogP contribution >= 0.6 is 0 Å². The molecule has 0 bridgehead atoms. The number of benzene rings is 1. The fourth-order valence-electron chi connectivity index (χ4n) is 1.71. The normalized spacial score (nSPS) is 12.3. The molecule has 0 amide bonds. The molecule has 0 aliphatic carbocycles. The predicted molar refractivity (Wildman–Crippen MR) is 70.7 cm³/mol. The van der Waals surface area contributed by atoms with E-state index in [0.717, 1.165) is 10.9 Å². The topological polar surface area (TPSA) is 79.4 Å². The third kappa shape index (κ3) is 3.00. The highest BCUT2D eigenvalue weighted by molar-refractivity contribution is 5.79. The summed E-state index contributed by atoms with van der Waals surface area (Å²) in [7, 11) is 0. The highest BCUT2D eigenvalue weighted by Crippen LogP contribution is 2.10. The third-order valence-corrected chi connectivity index (χ3v) is 2.86. The van der Waals surface area contributed by atoms with Crippen LogP contribution in [0.4, 0.5) is 0 Å². The molecule has 0 aliphatic heterocycles. The number of ether oxygens (including phenoxy) is 1. The fraction of sp³-hybridized carbons (Fsp3) is 0.286. The number of pyridine rings is 1. The van der Waals surface area contributed by atoms with E-state index in [-0.39, 0.29) is 18.6 Å². The summed E-state index contributed by atoms with van der Waals surface area (Å²) in [6.07, 6.45) is -0.855. The number of hydrogen-bond acceptors (Lipinski definition) is 4. The van der Waals surface area contributed by atoms with Gasteiger partial charge in [-0.15, -0.1) is 0 Å². The number of aliphatic hydroxyl groups excluding tert-OH is 1. The Bertz CT molecular complexity index is 647. The Morgan fingerprint density at radius 1 is 1.42 bits per heavy atom. The average Bonchev–Trinajstić information content (AvgIpc) is 2.43. The van der Waals surface area contributed by atoms with Gasteiger partial charge >= 0.3 is 5.97 Å². The highest BCUT2D eigenvalue weighted by Gasteiger charge is 2.14. The van der Waals surface area contributed by atoms with Crippen molar-refractivity contribution >= 4 is 16.9 Å². The van der Waals surface area contributed by atoms with Crippen molar-refractivity contribution in [1.29, 1.82) is 0 Å². The molecule has 1 heterocycles. The summed E-state index contributed by atoms with van der Waals surface area (Å²) < 4.78 is 4.90. The van der Waals surface area contributed by atoms with Crippen LogP contribution < -0.4 is 5.56 Å². The van der Waals surface area contributed by atoms with Gasteiger partial charge in [0.2, 0.25) is 0 Å². The van der Waals surface area contributed by atoms with Gasteiger partial charge in [0, 0.05) is 5.52 Å². The van der Waals surface area contributed by atoms with Crippen LogP contribution in [-0.4, -0.2) is 22.2 Å². The summed E-state index contributed by atoms with van der Waals surface area (Å²) in [5.41, 5.74) is 0.795.